The van der Waals surface area contributed by atoms with E-state index in [4.69, 9.17) is 14.7 Å². The van der Waals surface area contributed by atoms with Crippen LogP contribution in [-0.4, -0.2) is 52.7 Å². The van der Waals surface area contributed by atoms with Gasteiger partial charge in [-0.1, -0.05) is 30.3 Å². The predicted octanol–water partition coefficient (Wildman–Crippen LogP) is 3.33. The van der Waals surface area contributed by atoms with Gasteiger partial charge in [-0.25, -0.2) is 14.8 Å². The Morgan fingerprint density at radius 2 is 1.74 bits per heavy atom. The summed E-state index contributed by atoms with van der Waals surface area (Å²) in [6.45, 7) is 11.1. The van der Waals surface area contributed by atoms with Gasteiger partial charge in [0.1, 0.15) is 11.1 Å². The van der Waals surface area contributed by atoms with Crippen molar-refractivity contribution < 1.29 is 14.1 Å². The number of anilines is 1. The highest BCUT2D eigenvalue weighted by atomic mass is 16.6. The molecule has 3 aromatic rings. The number of carbonyl (C=O) groups excluding carboxylic acids is 1. The topological polar surface area (TPSA) is 62.4 Å². The van der Waals surface area contributed by atoms with Crippen LogP contribution in [0.3, 0.4) is 0 Å². The summed E-state index contributed by atoms with van der Waals surface area (Å²) in [6.07, 6.45) is 3.84. The standard InChI is InChI=1S/C24H30N5O2/c1-18-22(28-12-14-29(15-13-28)23(30)31-24(2,3)4)26-20-10-11-27(17-21(20)25-18)16-19-8-6-5-7-9-19/h5-11,17H,12-16H2,1-4H3/q+1. The number of piperazine rings is 1. The summed E-state index contributed by atoms with van der Waals surface area (Å²) in [5.41, 5.74) is 3.42. The normalized spacial score (nSPS) is 14.7. The van der Waals surface area contributed by atoms with Crippen LogP contribution < -0.4 is 9.47 Å². The van der Waals surface area contributed by atoms with Crippen molar-refractivity contribution in [1.29, 1.82) is 0 Å². The van der Waals surface area contributed by atoms with Gasteiger partial charge in [0.2, 0.25) is 0 Å². The van der Waals surface area contributed by atoms with Crippen molar-refractivity contribution in [3.8, 4) is 0 Å². The number of nitrogens with zero attached hydrogens (tertiary/aromatic N) is 5. The van der Waals surface area contributed by atoms with Crippen molar-refractivity contribution in [2.24, 2.45) is 0 Å². The number of hydrogen-bond acceptors (Lipinski definition) is 5. The maximum Gasteiger partial charge on any atom is 0.410 e. The predicted molar refractivity (Wildman–Crippen MR) is 120 cm³/mol. The molecule has 1 fully saturated rings. The average molecular weight is 421 g/mol. The number of rotatable bonds is 3. The third kappa shape index (κ3) is 5.10. The van der Waals surface area contributed by atoms with E-state index in [1.165, 1.54) is 5.56 Å². The summed E-state index contributed by atoms with van der Waals surface area (Å²) in [6, 6.07) is 12.4. The first kappa shape index (κ1) is 21.0. The molecule has 0 radical (unpaired) electrons. The monoisotopic (exact) mass is 420 g/mol. The van der Waals surface area contributed by atoms with Crippen LogP contribution in [0.2, 0.25) is 0 Å². The van der Waals surface area contributed by atoms with Gasteiger partial charge in [-0.2, -0.15) is 4.57 Å². The van der Waals surface area contributed by atoms with Crippen LogP contribution in [0.4, 0.5) is 10.6 Å². The molecular formula is C24H30N5O2+. The van der Waals surface area contributed by atoms with E-state index in [0.29, 0.717) is 26.2 Å². The molecule has 1 aromatic carbocycles. The fourth-order valence-corrected chi connectivity index (χ4v) is 3.74. The zero-order valence-corrected chi connectivity index (χ0v) is 18.7. The fraction of sp³-hybridized carbons (Fsp3) is 0.417. The van der Waals surface area contributed by atoms with Crippen LogP contribution in [-0.2, 0) is 11.3 Å². The lowest BCUT2D eigenvalue weighted by molar-refractivity contribution is -0.687. The zero-order chi connectivity index (χ0) is 22.0. The van der Waals surface area contributed by atoms with Crippen LogP contribution in [0.15, 0.2) is 48.8 Å². The molecule has 2 aromatic heterocycles. The molecule has 1 aliphatic rings. The van der Waals surface area contributed by atoms with Crippen LogP contribution >= 0.6 is 0 Å². The van der Waals surface area contributed by atoms with E-state index in [1.54, 1.807) is 4.90 Å². The number of hydrogen-bond donors (Lipinski definition) is 0. The second-order valence-electron chi connectivity index (χ2n) is 8.96. The van der Waals surface area contributed by atoms with E-state index in [-0.39, 0.29) is 6.09 Å². The van der Waals surface area contributed by atoms with Crippen molar-refractivity contribution >= 4 is 22.9 Å². The molecule has 0 aliphatic carbocycles. The Morgan fingerprint density at radius 3 is 2.42 bits per heavy atom. The number of fused-ring (bicyclic) bond motifs is 1. The smallest absolute Gasteiger partial charge is 0.410 e. The van der Waals surface area contributed by atoms with E-state index in [9.17, 15) is 4.79 Å². The summed E-state index contributed by atoms with van der Waals surface area (Å²) in [5.74, 6) is 0.886. The lowest BCUT2D eigenvalue weighted by Gasteiger charge is -2.36. The molecule has 3 heterocycles. The molecule has 0 bridgehead atoms. The Morgan fingerprint density at radius 1 is 1.03 bits per heavy atom. The average Bonchev–Trinajstić information content (AvgIpc) is 2.73. The molecule has 7 nitrogen and oxygen atoms in total. The van der Waals surface area contributed by atoms with Crippen molar-refractivity contribution in [3.63, 3.8) is 0 Å². The molecule has 0 unspecified atom stereocenters. The number of pyridine rings is 1. The van der Waals surface area contributed by atoms with Crippen molar-refractivity contribution in [2.75, 3.05) is 31.1 Å². The van der Waals surface area contributed by atoms with Crippen LogP contribution in [0.25, 0.3) is 11.0 Å². The molecule has 1 saturated heterocycles. The number of carbonyl (C=O) groups is 1. The summed E-state index contributed by atoms with van der Waals surface area (Å²) < 4.78 is 7.62. The van der Waals surface area contributed by atoms with Gasteiger partial charge in [0.15, 0.2) is 30.3 Å². The Hall–Kier alpha value is -3.22. The van der Waals surface area contributed by atoms with E-state index >= 15 is 0 Å². The van der Waals surface area contributed by atoms with Crippen molar-refractivity contribution in [3.05, 3.63) is 60.0 Å². The Balaban J connectivity index is 1.47. The minimum atomic E-state index is -0.480. The van der Waals surface area contributed by atoms with Gasteiger partial charge < -0.3 is 14.5 Å². The minimum absolute atomic E-state index is 0.253. The van der Waals surface area contributed by atoms with Gasteiger partial charge in [-0.15, -0.1) is 0 Å². The van der Waals surface area contributed by atoms with Gasteiger partial charge in [-0.05, 0) is 27.7 Å². The molecule has 4 rings (SSSR count). The van der Waals surface area contributed by atoms with Gasteiger partial charge in [0.25, 0.3) is 0 Å². The highest BCUT2D eigenvalue weighted by Gasteiger charge is 2.27. The second kappa shape index (κ2) is 8.49. The lowest BCUT2D eigenvalue weighted by Crippen LogP contribution is -2.50. The van der Waals surface area contributed by atoms with Crippen LogP contribution in [0, 0.1) is 6.92 Å². The highest BCUT2D eigenvalue weighted by Crippen LogP contribution is 2.21. The summed E-state index contributed by atoms with van der Waals surface area (Å²) in [7, 11) is 0. The first-order valence-corrected chi connectivity index (χ1v) is 10.7. The summed E-state index contributed by atoms with van der Waals surface area (Å²) in [4.78, 5) is 26.0. The SMILES string of the molecule is Cc1nc2c[n+](Cc3ccccc3)ccc2nc1N1CCN(C(=O)OC(C)(C)C)CC1. The first-order chi connectivity index (χ1) is 14.8. The molecule has 7 heteroatoms. The molecule has 162 valence electrons. The van der Waals surface area contributed by atoms with Gasteiger partial charge >= 0.3 is 6.09 Å². The van der Waals surface area contributed by atoms with Gasteiger partial charge in [0.05, 0.1) is 5.69 Å². The van der Waals surface area contributed by atoms with E-state index in [1.807, 2.05) is 52.2 Å². The minimum Gasteiger partial charge on any atom is -0.444 e. The largest absolute Gasteiger partial charge is 0.444 e. The third-order valence-electron chi connectivity index (χ3n) is 5.25. The number of amides is 1. The number of ether oxygens (including phenoxy) is 1. The Kier molecular flexibility index (Phi) is 5.76. The highest BCUT2D eigenvalue weighted by molar-refractivity contribution is 5.75. The molecule has 1 amide bonds. The molecule has 1 aliphatic heterocycles. The Labute approximate surface area is 183 Å². The van der Waals surface area contributed by atoms with Crippen LogP contribution in [0.1, 0.15) is 32.0 Å². The zero-order valence-electron chi connectivity index (χ0n) is 18.7. The third-order valence-corrected chi connectivity index (χ3v) is 5.25. The van der Waals surface area contributed by atoms with Crippen molar-refractivity contribution in [1.82, 2.24) is 14.9 Å². The number of aromatic nitrogens is 3. The maximum absolute atomic E-state index is 12.3. The van der Waals surface area contributed by atoms with Crippen molar-refractivity contribution in [2.45, 2.75) is 39.8 Å². The first-order valence-electron chi connectivity index (χ1n) is 10.7. The molecule has 0 saturated carbocycles. The summed E-state index contributed by atoms with van der Waals surface area (Å²) >= 11 is 0. The quantitative estimate of drug-likeness (QED) is 0.608. The Bertz CT molecular complexity index is 1070. The van der Waals surface area contributed by atoms with Gasteiger partial charge in [0, 0.05) is 37.8 Å². The van der Waals surface area contributed by atoms with E-state index < -0.39 is 5.60 Å². The lowest BCUT2D eigenvalue weighted by atomic mass is 10.2. The maximum atomic E-state index is 12.3. The van der Waals surface area contributed by atoms with E-state index in [0.717, 1.165) is 29.1 Å². The second-order valence-corrected chi connectivity index (χ2v) is 8.96. The summed E-state index contributed by atoms with van der Waals surface area (Å²) in [5, 5.41) is 0. The van der Waals surface area contributed by atoms with Gasteiger partial charge in [-0.3, -0.25) is 0 Å². The number of benzene rings is 1. The van der Waals surface area contributed by atoms with Crippen LogP contribution in [0.5, 0.6) is 0 Å². The molecule has 0 atom stereocenters. The molecule has 0 spiro atoms. The van der Waals surface area contributed by atoms with E-state index in [2.05, 4.69) is 33.7 Å². The number of aryl methyl sites for hydroxylation is 1. The molecule has 0 N–H and O–H groups in total. The molecular weight excluding hydrogens is 390 g/mol. The molecule has 31 heavy (non-hydrogen) atoms. The fourth-order valence-electron chi connectivity index (χ4n) is 3.74.